The molecule has 1 aromatic carbocycles. The highest BCUT2D eigenvalue weighted by Gasteiger charge is 2.21. The summed E-state index contributed by atoms with van der Waals surface area (Å²) in [5.41, 5.74) is 0.759. The van der Waals surface area contributed by atoms with Gasteiger partial charge in [0.15, 0.2) is 0 Å². The number of nitrogens with one attached hydrogen (secondary N) is 2. The van der Waals surface area contributed by atoms with Gasteiger partial charge in [0.1, 0.15) is 10.7 Å². The molecule has 0 amide bonds. The molecule has 1 fully saturated rings. The average molecular weight is 272 g/mol. The molecule has 1 aliphatic rings. The zero-order chi connectivity index (χ0) is 13.2. The van der Waals surface area contributed by atoms with Gasteiger partial charge in [0.2, 0.25) is 10.0 Å². The molecule has 0 atom stereocenters. The van der Waals surface area contributed by atoms with Crippen molar-refractivity contribution in [3.05, 3.63) is 29.6 Å². The van der Waals surface area contributed by atoms with Crippen LogP contribution in [0, 0.1) is 5.82 Å². The molecular weight excluding hydrogens is 255 g/mol. The predicted molar refractivity (Wildman–Crippen MR) is 67.1 cm³/mol. The summed E-state index contributed by atoms with van der Waals surface area (Å²) in [5, 5.41) is 3.25. The van der Waals surface area contributed by atoms with E-state index < -0.39 is 15.8 Å². The fourth-order valence-corrected chi connectivity index (χ4v) is 2.79. The number of benzene rings is 1. The lowest BCUT2D eigenvalue weighted by Crippen LogP contribution is -2.24. The van der Waals surface area contributed by atoms with Gasteiger partial charge in [-0.2, -0.15) is 0 Å². The van der Waals surface area contributed by atoms with Crippen LogP contribution < -0.4 is 10.0 Å². The molecule has 0 heterocycles. The zero-order valence-electron chi connectivity index (χ0n) is 10.2. The third-order valence-electron chi connectivity index (χ3n) is 2.79. The first kappa shape index (κ1) is 13.5. The maximum absolute atomic E-state index is 13.8. The van der Waals surface area contributed by atoms with E-state index in [1.807, 2.05) is 0 Å². The highest BCUT2D eigenvalue weighted by Crippen LogP contribution is 2.20. The maximum Gasteiger partial charge on any atom is 0.243 e. The summed E-state index contributed by atoms with van der Waals surface area (Å²) in [5.74, 6) is -0.703. The van der Waals surface area contributed by atoms with E-state index in [1.54, 1.807) is 13.0 Å². The third kappa shape index (κ3) is 3.28. The van der Waals surface area contributed by atoms with Crippen molar-refractivity contribution >= 4 is 10.0 Å². The molecule has 0 aromatic heterocycles. The Morgan fingerprint density at radius 2 is 2.11 bits per heavy atom. The quantitative estimate of drug-likeness (QED) is 0.822. The molecule has 0 aliphatic heterocycles. The van der Waals surface area contributed by atoms with Crippen molar-refractivity contribution in [1.82, 2.24) is 10.0 Å². The van der Waals surface area contributed by atoms with Gasteiger partial charge in [-0.05, 0) is 30.5 Å². The standard InChI is InChI=1S/C12H17FN2O2S/c1-2-15-18(16,17)12-6-3-9(7-11(12)13)8-14-10-4-5-10/h3,6-7,10,14-15H,2,4-5,8H2,1H3. The van der Waals surface area contributed by atoms with Crippen LogP contribution in [0.25, 0.3) is 0 Å². The Morgan fingerprint density at radius 1 is 1.39 bits per heavy atom. The van der Waals surface area contributed by atoms with Crippen LogP contribution in [-0.4, -0.2) is 21.0 Å². The normalized spacial score (nSPS) is 15.9. The Kier molecular flexibility index (Phi) is 3.99. The van der Waals surface area contributed by atoms with E-state index in [4.69, 9.17) is 0 Å². The average Bonchev–Trinajstić information content (AvgIpc) is 3.09. The van der Waals surface area contributed by atoms with Crippen LogP contribution in [0.15, 0.2) is 23.1 Å². The molecular formula is C12H17FN2O2S. The van der Waals surface area contributed by atoms with Crippen molar-refractivity contribution in [1.29, 1.82) is 0 Å². The molecule has 100 valence electrons. The van der Waals surface area contributed by atoms with Crippen LogP contribution in [0.5, 0.6) is 0 Å². The molecule has 4 nitrogen and oxygen atoms in total. The molecule has 0 saturated heterocycles. The van der Waals surface area contributed by atoms with E-state index in [0.717, 1.165) is 18.4 Å². The summed E-state index contributed by atoms with van der Waals surface area (Å²) in [6.45, 7) is 2.47. The van der Waals surface area contributed by atoms with E-state index in [9.17, 15) is 12.8 Å². The van der Waals surface area contributed by atoms with E-state index in [0.29, 0.717) is 12.6 Å². The Hall–Kier alpha value is -0.980. The van der Waals surface area contributed by atoms with Gasteiger partial charge in [-0.3, -0.25) is 0 Å². The molecule has 18 heavy (non-hydrogen) atoms. The van der Waals surface area contributed by atoms with Gasteiger partial charge in [-0.1, -0.05) is 13.0 Å². The second kappa shape index (κ2) is 5.34. The van der Waals surface area contributed by atoms with E-state index in [1.165, 1.54) is 12.1 Å². The molecule has 0 unspecified atom stereocenters. The summed E-state index contributed by atoms with van der Waals surface area (Å²) in [6.07, 6.45) is 2.32. The van der Waals surface area contributed by atoms with Crippen LogP contribution in [0.1, 0.15) is 25.3 Å². The molecule has 1 aromatic rings. The largest absolute Gasteiger partial charge is 0.310 e. The first-order valence-electron chi connectivity index (χ1n) is 6.04. The summed E-state index contributed by atoms with van der Waals surface area (Å²) in [6, 6.07) is 4.78. The minimum Gasteiger partial charge on any atom is -0.310 e. The monoisotopic (exact) mass is 272 g/mol. The summed E-state index contributed by atoms with van der Waals surface area (Å²) in [4.78, 5) is -0.292. The minimum absolute atomic E-state index is 0.243. The smallest absolute Gasteiger partial charge is 0.243 e. The highest BCUT2D eigenvalue weighted by atomic mass is 32.2. The third-order valence-corrected chi connectivity index (χ3v) is 4.37. The van der Waals surface area contributed by atoms with E-state index in [-0.39, 0.29) is 11.4 Å². The maximum atomic E-state index is 13.8. The molecule has 0 spiro atoms. The molecule has 2 N–H and O–H groups in total. The highest BCUT2D eigenvalue weighted by molar-refractivity contribution is 7.89. The fourth-order valence-electron chi connectivity index (χ4n) is 1.69. The number of halogens is 1. The van der Waals surface area contributed by atoms with E-state index in [2.05, 4.69) is 10.0 Å². The van der Waals surface area contributed by atoms with Crippen molar-refractivity contribution < 1.29 is 12.8 Å². The Bertz CT molecular complexity index is 527. The SMILES string of the molecule is CCNS(=O)(=O)c1ccc(CNC2CC2)cc1F. The van der Waals surface area contributed by atoms with Crippen molar-refractivity contribution in [3.63, 3.8) is 0 Å². The van der Waals surface area contributed by atoms with Crippen molar-refractivity contribution in [2.75, 3.05) is 6.54 Å². The molecule has 1 aliphatic carbocycles. The van der Waals surface area contributed by atoms with E-state index >= 15 is 0 Å². The van der Waals surface area contributed by atoms with Crippen LogP contribution in [0.4, 0.5) is 4.39 Å². The molecule has 1 saturated carbocycles. The molecule has 6 heteroatoms. The van der Waals surface area contributed by atoms with Crippen molar-refractivity contribution in [2.24, 2.45) is 0 Å². The van der Waals surface area contributed by atoms with Crippen LogP contribution in [-0.2, 0) is 16.6 Å². The fraction of sp³-hybridized carbons (Fsp3) is 0.500. The van der Waals surface area contributed by atoms with Gasteiger partial charge in [-0.25, -0.2) is 17.5 Å². The first-order chi connectivity index (χ1) is 8.53. The first-order valence-corrected chi connectivity index (χ1v) is 7.52. The van der Waals surface area contributed by atoms with Gasteiger partial charge in [0.05, 0.1) is 0 Å². The molecule has 2 rings (SSSR count). The van der Waals surface area contributed by atoms with Gasteiger partial charge < -0.3 is 5.32 Å². The Labute approximate surface area is 107 Å². The van der Waals surface area contributed by atoms with Crippen LogP contribution in [0.2, 0.25) is 0 Å². The summed E-state index contributed by atoms with van der Waals surface area (Å²) < 4.78 is 39.4. The Balaban J connectivity index is 2.13. The number of hydrogen-bond acceptors (Lipinski definition) is 3. The lowest BCUT2D eigenvalue weighted by molar-refractivity contribution is 0.556. The zero-order valence-corrected chi connectivity index (χ0v) is 11.1. The lowest BCUT2D eigenvalue weighted by Gasteiger charge is -2.08. The van der Waals surface area contributed by atoms with Gasteiger partial charge in [-0.15, -0.1) is 0 Å². The van der Waals surface area contributed by atoms with Crippen molar-refractivity contribution in [2.45, 2.75) is 37.2 Å². The Morgan fingerprint density at radius 3 is 2.67 bits per heavy atom. The molecule has 0 radical (unpaired) electrons. The second-order valence-electron chi connectivity index (χ2n) is 4.42. The number of hydrogen-bond donors (Lipinski definition) is 2. The topological polar surface area (TPSA) is 58.2 Å². The van der Waals surface area contributed by atoms with Gasteiger partial charge >= 0.3 is 0 Å². The number of rotatable bonds is 6. The van der Waals surface area contributed by atoms with Gasteiger partial charge in [0.25, 0.3) is 0 Å². The van der Waals surface area contributed by atoms with Crippen LogP contribution in [0.3, 0.4) is 0 Å². The predicted octanol–water partition coefficient (Wildman–Crippen LogP) is 1.38. The van der Waals surface area contributed by atoms with Crippen molar-refractivity contribution in [3.8, 4) is 0 Å². The summed E-state index contributed by atoms with van der Waals surface area (Å²) in [7, 11) is -3.72. The lowest BCUT2D eigenvalue weighted by atomic mass is 10.2. The minimum atomic E-state index is -3.72. The van der Waals surface area contributed by atoms with Gasteiger partial charge in [0, 0.05) is 19.1 Å². The number of sulfonamides is 1. The summed E-state index contributed by atoms with van der Waals surface area (Å²) >= 11 is 0. The second-order valence-corrected chi connectivity index (χ2v) is 6.16. The molecule has 0 bridgehead atoms. The van der Waals surface area contributed by atoms with Crippen LogP contribution >= 0.6 is 0 Å².